The summed E-state index contributed by atoms with van der Waals surface area (Å²) in [7, 11) is 0. The fourth-order valence-electron chi connectivity index (χ4n) is 2.93. The number of aliphatic imine (C=N–C) groups is 1. The Morgan fingerprint density at radius 2 is 2.35 bits per heavy atom. The third-order valence-corrected chi connectivity index (χ3v) is 3.74. The first-order valence-corrected chi connectivity index (χ1v) is 6.06. The van der Waals surface area contributed by atoms with E-state index < -0.39 is 0 Å². The number of nitrogens with one attached hydrogen (secondary N) is 1. The average molecular weight is 227 g/mol. The Bertz CT molecular complexity index is 478. The van der Waals surface area contributed by atoms with E-state index in [-0.39, 0.29) is 0 Å². The highest BCUT2D eigenvalue weighted by atomic mass is 15.1. The summed E-state index contributed by atoms with van der Waals surface area (Å²) >= 11 is 0. The number of guanidine groups is 1. The number of rotatable bonds is 3. The topological polar surface area (TPSA) is 50.4 Å². The molecule has 0 heterocycles. The second kappa shape index (κ2) is 3.91. The Hall–Kier alpha value is -1.77. The lowest BCUT2D eigenvalue weighted by molar-refractivity contribution is 0.742. The van der Waals surface area contributed by atoms with Gasteiger partial charge in [-0.25, -0.2) is 4.99 Å². The predicted octanol–water partition coefficient (Wildman–Crippen LogP) is 1.41. The lowest BCUT2D eigenvalue weighted by atomic mass is 10.1. The molecule has 0 amide bonds. The zero-order valence-electron chi connectivity index (χ0n) is 9.76. The van der Waals surface area contributed by atoms with Gasteiger partial charge in [-0.05, 0) is 23.5 Å². The molecular weight excluding hydrogens is 210 g/mol. The maximum atomic E-state index is 5.82. The summed E-state index contributed by atoms with van der Waals surface area (Å²) in [5, 5.41) is 3.31. The second-order valence-electron chi connectivity index (χ2n) is 4.78. The molecule has 3 nitrogen and oxygen atoms in total. The van der Waals surface area contributed by atoms with E-state index in [0.29, 0.717) is 30.4 Å². The molecule has 3 heteroatoms. The minimum absolute atomic E-state index is 0.485. The van der Waals surface area contributed by atoms with E-state index in [1.807, 2.05) is 0 Å². The van der Waals surface area contributed by atoms with Gasteiger partial charge in [-0.15, -0.1) is 6.58 Å². The van der Waals surface area contributed by atoms with Crippen molar-refractivity contribution in [2.24, 2.45) is 16.6 Å². The fourth-order valence-corrected chi connectivity index (χ4v) is 2.93. The van der Waals surface area contributed by atoms with Crippen LogP contribution in [0.4, 0.5) is 0 Å². The standard InChI is InChI=1S/C14H17N3/c1-2-7-16-14(15)17-13-11-8-9-5-3-4-6-10(9)12(11)13/h2-6,11-13H,1,7-8H2,(H3,15,16,17). The van der Waals surface area contributed by atoms with Gasteiger partial charge in [-0.3, -0.25) is 0 Å². The van der Waals surface area contributed by atoms with Crippen molar-refractivity contribution in [3.05, 3.63) is 48.0 Å². The smallest absolute Gasteiger partial charge is 0.189 e. The van der Waals surface area contributed by atoms with Crippen LogP contribution in [0.3, 0.4) is 0 Å². The van der Waals surface area contributed by atoms with Gasteiger partial charge in [0.1, 0.15) is 0 Å². The van der Waals surface area contributed by atoms with Crippen molar-refractivity contribution < 1.29 is 0 Å². The highest BCUT2D eigenvalue weighted by Crippen LogP contribution is 2.56. The van der Waals surface area contributed by atoms with Crippen molar-refractivity contribution in [2.75, 3.05) is 6.54 Å². The number of nitrogens with zero attached hydrogens (tertiary/aromatic N) is 1. The molecule has 2 aliphatic rings. The molecule has 0 spiro atoms. The molecule has 3 atom stereocenters. The molecule has 3 N–H and O–H groups in total. The van der Waals surface area contributed by atoms with E-state index in [1.165, 1.54) is 17.5 Å². The number of hydrogen-bond donors (Lipinski definition) is 2. The fraction of sp³-hybridized carbons (Fsp3) is 0.357. The van der Waals surface area contributed by atoms with Crippen LogP contribution in [0, 0.1) is 5.92 Å². The van der Waals surface area contributed by atoms with E-state index in [2.05, 4.69) is 41.2 Å². The minimum Gasteiger partial charge on any atom is -0.370 e. The van der Waals surface area contributed by atoms with Gasteiger partial charge in [0.15, 0.2) is 5.96 Å². The van der Waals surface area contributed by atoms with E-state index >= 15 is 0 Å². The largest absolute Gasteiger partial charge is 0.370 e. The van der Waals surface area contributed by atoms with E-state index in [0.717, 1.165) is 0 Å². The molecule has 1 aromatic carbocycles. The van der Waals surface area contributed by atoms with Gasteiger partial charge >= 0.3 is 0 Å². The molecule has 0 bridgehead atoms. The Kier molecular flexibility index (Phi) is 2.39. The van der Waals surface area contributed by atoms with Crippen molar-refractivity contribution in [3.63, 3.8) is 0 Å². The lowest BCUT2D eigenvalue weighted by Crippen LogP contribution is -2.35. The van der Waals surface area contributed by atoms with Gasteiger partial charge in [-0.2, -0.15) is 0 Å². The van der Waals surface area contributed by atoms with Crippen LogP contribution >= 0.6 is 0 Å². The molecule has 0 radical (unpaired) electrons. The maximum absolute atomic E-state index is 5.82. The summed E-state index contributed by atoms with van der Waals surface area (Å²) in [6.07, 6.45) is 2.92. The first-order chi connectivity index (χ1) is 8.31. The van der Waals surface area contributed by atoms with Crippen molar-refractivity contribution >= 4 is 5.96 Å². The van der Waals surface area contributed by atoms with Gasteiger partial charge in [0.05, 0.1) is 6.54 Å². The van der Waals surface area contributed by atoms with Crippen LogP contribution in [0.15, 0.2) is 41.9 Å². The summed E-state index contributed by atoms with van der Waals surface area (Å²) < 4.78 is 0. The molecule has 0 saturated heterocycles. The second-order valence-corrected chi connectivity index (χ2v) is 4.78. The van der Waals surface area contributed by atoms with Gasteiger partial charge in [0, 0.05) is 12.0 Å². The summed E-state index contributed by atoms with van der Waals surface area (Å²) in [5.41, 5.74) is 8.81. The summed E-state index contributed by atoms with van der Waals surface area (Å²) in [6, 6.07) is 9.18. The van der Waals surface area contributed by atoms with Crippen LogP contribution in [0.1, 0.15) is 17.0 Å². The summed E-state index contributed by atoms with van der Waals surface area (Å²) in [4.78, 5) is 4.17. The van der Waals surface area contributed by atoms with Gasteiger partial charge in [0.2, 0.25) is 0 Å². The first kappa shape index (κ1) is 10.4. The number of benzene rings is 1. The normalized spacial score (nSPS) is 29.4. The molecule has 2 aliphatic carbocycles. The zero-order valence-corrected chi connectivity index (χ0v) is 9.76. The van der Waals surface area contributed by atoms with Crippen LogP contribution in [0.25, 0.3) is 0 Å². The molecule has 1 fully saturated rings. The van der Waals surface area contributed by atoms with Crippen LogP contribution in [-0.2, 0) is 6.42 Å². The van der Waals surface area contributed by atoms with E-state index in [9.17, 15) is 0 Å². The molecule has 1 aromatic rings. The Morgan fingerprint density at radius 1 is 1.53 bits per heavy atom. The Morgan fingerprint density at radius 3 is 3.18 bits per heavy atom. The lowest BCUT2D eigenvalue weighted by Gasteiger charge is -2.09. The molecule has 0 aliphatic heterocycles. The van der Waals surface area contributed by atoms with Crippen LogP contribution in [-0.4, -0.2) is 18.5 Å². The van der Waals surface area contributed by atoms with Crippen LogP contribution in [0.5, 0.6) is 0 Å². The van der Waals surface area contributed by atoms with Crippen molar-refractivity contribution in [2.45, 2.75) is 18.4 Å². The van der Waals surface area contributed by atoms with E-state index in [4.69, 9.17) is 5.73 Å². The third kappa shape index (κ3) is 1.71. The Labute approximate surface area is 101 Å². The molecule has 3 rings (SSSR count). The highest BCUT2D eigenvalue weighted by molar-refractivity contribution is 5.79. The molecule has 17 heavy (non-hydrogen) atoms. The summed E-state index contributed by atoms with van der Waals surface area (Å²) in [6.45, 7) is 4.20. The first-order valence-electron chi connectivity index (χ1n) is 6.06. The van der Waals surface area contributed by atoms with E-state index in [1.54, 1.807) is 6.08 Å². The third-order valence-electron chi connectivity index (χ3n) is 3.74. The number of fused-ring (bicyclic) bond motifs is 3. The molecule has 88 valence electrons. The highest BCUT2D eigenvalue weighted by Gasteiger charge is 2.55. The van der Waals surface area contributed by atoms with Crippen LogP contribution in [0.2, 0.25) is 0 Å². The molecule has 0 aromatic heterocycles. The molecule has 3 unspecified atom stereocenters. The molecular formula is C14H17N3. The molecule has 1 saturated carbocycles. The Balaban J connectivity index is 1.67. The zero-order chi connectivity index (χ0) is 11.8. The predicted molar refractivity (Wildman–Crippen MR) is 70.0 cm³/mol. The maximum Gasteiger partial charge on any atom is 0.189 e. The van der Waals surface area contributed by atoms with Gasteiger partial charge in [-0.1, -0.05) is 30.3 Å². The van der Waals surface area contributed by atoms with Crippen LogP contribution < -0.4 is 11.1 Å². The quantitative estimate of drug-likeness (QED) is 0.466. The van der Waals surface area contributed by atoms with Crippen molar-refractivity contribution in [3.8, 4) is 0 Å². The van der Waals surface area contributed by atoms with Crippen molar-refractivity contribution in [1.82, 2.24) is 5.32 Å². The average Bonchev–Trinajstić information content (AvgIpc) is 2.86. The summed E-state index contributed by atoms with van der Waals surface area (Å²) in [5.74, 6) is 1.90. The SMILES string of the molecule is C=CCN=C(N)NC1C2Cc3ccccc3C21. The monoisotopic (exact) mass is 227 g/mol. The van der Waals surface area contributed by atoms with Gasteiger partial charge < -0.3 is 11.1 Å². The number of nitrogens with two attached hydrogens (primary N) is 1. The van der Waals surface area contributed by atoms with Gasteiger partial charge in [0.25, 0.3) is 0 Å². The number of hydrogen-bond acceptors (Lipinski definition) is 1. The minimum atomic E-state index is 0.485. The van der Waals surface area contributed by atoms with Crippen molar-refractivity contribution in [1.29, 1.82) is 0 Å².